The van der Waals surface area contributed by atoms with Crippen molar-refractivity contribution in [1.29, 1.82) is 0 Å². The lowest BCUT2D eigenvalue weighted by molar-refractivity contribution is 0.318. The molecule has 0 aliphatic heterocycles. The van der Waals surface area contributed by atoms with Crippen LogP contribution in [0, 0.1) is 0 Å². The van der Waals surface area contributed by atoms with Gasteiger partial charge in [-0.05, 0) is 17.7 Å². The number of benzene rings is 2. The van der Waals surface area contributed by atoms with Gasteiger partial charge in [0.15, 0.2) is 15.7 Å². The predicted octanol–water partition coefficient (Wildman–Crippen LogP) is 1.75. The first kappa shape index (κ1) is 14.1. The van der Waals surface area contributed by atoms with E-state index < -0.39 is 9.84 Å². The SMILES string of the molecule is N/C(=N\O)c1ccc(CS(=O)(=O)c2ccccc2)cc1. The Morgan fingerprint density at radius 1 is 1.05 bits per heavy atom. The highest BCUT2D eigenvalue weighted by atomic mass is 32.2. The molecule has 0 saturated carbocycles. The molecular formula is C14H14N2O3S. The van der Waals surface area contributed by atoms with E-state index >= 15 is 0 Å². The zero-order valence-electron chi connectivity index (χ0n) is 10.6. The van der Waals surface area contributed by atoms with Gasteiger partial charge in [-0.15, -0.1) is 0 Å². The number of sulfone groups is 1. The summed E-state index contributed by atoms with van der Waals surface area (Å²) in [5.74, 6) is -0.101. The van der Waals surface area contributed by atoms with Gasteiger partial charge in [-0.2, -0.15) is 0 Å². The van der Waals surface area contributed by atoms with Crippen LogP contribution in [0.25, 0.3) is 0 Å². The third-order valence-electron chi connectivity index (χ3n) is 2.82. The Morgan fingerprint density at radius 2 is 1.65 bits per heavy atom. The van der Waals surface area contributed by atoms with Crippen LogP contribution < -0.4 is 5.73 Å². The summed E-state index contributed by atoms with van der Waals surface area (Å²) in [4.78, 5) is 0.292. The van der Waals surface area contributed by atoms with Gasteiger partial charge >= 0.3 is 0 Å². The number of hydrogen-bond acceptors (Lipinski definition) is 4. The van der Waals surface area contributed by atoms with Crippen LogP contribution in [0.3, 0.4) is 0 Å². The molecule has 5 nitrogen and oxygen atoms in total. The van der Waals surface area contributed by atoms with Crippen molar-refractivity contribution in [1.82, 2.24) is 0 Å². The Morgan fingerprint density at radius 3 is 2.20 bits per heavy atom. The van der Waals surface area contributed by atoms with E-state index in [1.54, 1.807) is 54.6 Å². The van der Waals surface area contributed by atoms with Crippen molar-refractivity contribution in [3.8, 4) is 0 Å². The van der Waals surface area contributed by atoms with Crippen LogP contribution in [0.5, 0.6) is 0 Å². The smallest absolute Gasteiger partial charge is 0.182 e. The van der Waals surface area contributed by atoms with Gasteiger partial charge in [-0.3, -0.25) is 0 Å². The minimum atomic E-state index is -3.36. The summed E-state index contributed by atoms with van der Waals surface area (Å²) in [5, 5.41) is 11.4. The summed E-state index contributed by atoms with van der Waals surface area (Å²) >= 11 is 0. The van der Waals surface area contributed by atoms with Crippen LogP contribution in [0.1, 0.15) is 11.1 Å². The Bertz CT molecular complexity index is 708. The molecule has 0 radical (unpaired) electrons. The first-order valence-electron chi connectivity index (χ1n) is 5.87. The summed E-state index contributed by atoms with van der Waals surface area (Å²) in [6, 6.07) is 14.8. The number of nitrogens with zero attached hydrogens (tertiary/aromatic N) is 1. The van der Waals surface area contributed by atoms with Gasteiger partial charge in [0.05, 0.1) is 10.6 Å². The number of rotatable bonds is 4. The van der Waals surface area contributed by atoms with E-state index in [9.17, 15) is 8.42 Å². The Balaban J connectivity index is 2.23. The molecule has 2 aromatic rings. The van der Waals surface area contributed by atoms with Crippen LogP contribution in [0.15, 0.2) is 64.6 Å². The molecule has 0 unspecified atom stereocenters. The standard InChI is InChI=1S/C14H14N2O3S/c15-14(16-17)12-8-6-11(7-9-12)10-20(18,19)13-4-2-1-3-5-13/h1-9,17H,10H2,(H2,15,16). The second kappa shape index (κ2) is 5.75. The second-order valence-corrected chi connectivity index (χ2v) is 6.24. The second-order valence-electron chi connectivity index (χ2n) is 4.25. The summed E-state index contributed by atoms with van der Waals surface area (Å²) in [5.41, 5.74) is 6.62. The molecule has 0 aliphatic rings. The zero-order valence-corrected chi connectivity index (χ0v) is 11.4. The van der Waals surface area contributed by atoms with E-state index in [2.05, 4.69) is 5.16 Å². The number of oxime groups is 1. The number of amidine groups is 1. The molecule has 0 saturated heterocycles. The van der Waals surface area contributed by atoms with Crippen LogP contribution in [0.4, 0.5) is 0 Å². The molecule has 0 fully saturated rings. The van der Waals surface area contributed by atoms with Crippen molar-refractivity contribution in [2.45, 2.75) is 10.6 Å². The maximum absolute atomic E-state index is 12.2. The van der Waals surface area contributed by atoms with Crippen molar-refractivity contribution < 1.29 is 13.6 Å². The van der Waals surface area contributed by atoms with E-state index in [-0.39, 0.29) is 11.6 Å². The van der Waals surface area contributed by atoms with Gasteiger partial charge in [-0.1, -0.05) is 47.6 Å². The monoisotopic (exact) mass is 290 g/mol. The van der Waals surface area contributed by atoms with E-state index in [0.29, 0.717) is 16.0 Å². The molecule has 20 heavy (non-hydrogen) atoms. The van der Waals surface area contributed by atoms with E-state index in [1.807, 2.05) is 0 Å². The number of nitrogens with two attached hydrogens (primary N) is 1. The van der Waals surface area contributed by atoms with Crippen LogP contribution in [-0.2, 0) is 15.6 Å². The Labute approximate surface area is 117 Å². The molecule has 0 aliphatic carbocycles. The lowest BCUT2D eigenvalue weighted by atomic mass is 10.1. The third kappa shape index (κ3) is 3.16. The van der Waals surface area contributed by atoms with Gasteiger partial charge in [0.2, 0.25) is 0 Å². The van der Waals surface area contributed by atoms with E-state index in [4.69, 9.17) is 10.9 Å². The van der Waals surface area contributed by atoms with Crippen LogP contribution >= 0.6 is 0 Å². The molecule has 0 amide bonds. The highest BCUT2D eigenvalue weighted by Gasteiger charge is 2.14. The van der Waals surface area contributed by atoms with Crippen molar-refractivity contribution in [3.63, 3.8) is 0 Å². The fourth-order valence-corrected chi connectivity index (χ4v) is 3.13. The van der Waals surface area contributed by atoms with Crippen molar-refractivity contribution >= 4 is 15.7 Å². The summed E-state index contributed by atoms with van der Waals surface area (Å²) in [6.45, 7) is 0. The minimum Gasteiger partial charge on any atom is -0.409 e. The summed E-state index contributed by atoms with van der Waals surface area (Å²) < 4.78 is 24.4. The van der Waals surface area contributed by atoms with E-state index in [1.165, 1.54) is 0 Å². The highest BCUT2D eigenvalue weighted by molar-refractivity contribution is 7.90. The highest BCUT2D eigenvalue weighted by Crippen LogP contribution is 2.16. The summed E-state index contributed by atoms with van der Waals surface area (Å²) in [7, 11) is -3.36. The molecule has 0 spiro atoms. The fraction of sp³-hybridized carbons (Fsp3) is 0.0714. The molecular weight excluding hydrogens is 276 g/mol. The number of hydrogen-bond donors (Lipinski definition) is 2. The Hall–Kier alpha value is -2.34. The van der Waals surface area contributed by atoms with Gasteiger partial charge in [-0.25, -0.2) is 8.42 Å². The van der Waals surface area contributed by atoms with Gasteiger partial charge in [0.1, 0.15) is 0 Å². The third-order valence-corrected chi connectivity index (χ3v) is 4.52. The first-order valence-corrected chi connectivity index (χ1v) is 7.53. The molecule has 0 aromatic heterocycles. The predicted molar refractivity (Wildman–Crippen MR) is 76.3 cm³/mol. The average molecular weight is 290 g/mol. The molecule has 0 bridgehead atoms. The molecule has 3 N–H and O–H groups in total. The molecule has 6 heteroatoms. The van der Waals surface area contributed by atoms with Gasteiger partial charge in [0.25, 0.3) is 0 Å². The molecule has 0 atom stereocenters. The van der Waals surface area contributed by atoms with Crippen molar-refractivity contribution in [2.24, 2.45) is 10.9 Å². The first-order chi connectivity index (χ1) is 9.53. The van der Waals surface area contributed by atoms with E-state index in [0.717, 1.165) is 0 Å². The average Bonchev–Trinajstić information content (AvgIpc) is 2.48. The maximum Gasteiger partial charge on any atom is 0.182 e. The quantitative estimate of drug-likeness (QED) is 0.388. The molecule has 104 valence electrons. The molecule has 2 aromatic carbocycles. The van der Waals surface area contributed by atoms with Crippen molar-refractivity contribution in [2.75, 3.05) is 0 Å². The Kier molecular flexibility index (Phi) is 4.05. The fourth-order valence-electron chi connectivity index (χ4n) is 1.76. The van der Waals surface area contributed by atoms with Gasteiger partial charge in [0, 0.05) is 5.56 Å². The largest absolute Gasteiger partial charge is 0.409 e. The summed E-state index contributed by atoms with van der Waals surface area (Å²) in [6.07, 6.45) is 0. The maximum atomic E-state index is 12.2. The van der Waals surface area contributed by atoms with Crippen molar-refractivity contribution in [3.05, 3.63) is 65.7 Å². The normalized spacial score (nSPS) is 12.3. The minimum absolute atomic E-state index is 0.0116. The zero-order chi connectivity index (χ0) is 14.6. The lowest BCUT2D eigenvalue weighted by Gasteiger charge is -2.05. The van der Waals surface area contributed by atoms with Crippen LogP contribution in [-0.4, -0.2) is 19.5 Å². The lowest BCUT2D eigenvalue weighted by Crippen LogP contribution is -2.13. The molecule has 2 rings (SSSR count). The van der Waals surface area contributed by atoms with Crippen LogP contribution in [0.2, 0.25) is 0 Å². The topological polar surface area (TPSA) is 92.8 Å². The molecule has 0 heterocycles. The van der Waals surface area contributed by atoms with Gasteiger partial charge < -0.3 is 10.9 Å².